The van der Waals surface area contributed by atoms with Crippen LogP contribution in [-0.2, 0) is 6.42 Å². The summed E-state index contributed by atoms with van der Waals surface area (Å²) >= 11 is 1.79. The van der Waals surface area contributed by atoms with E-state index in [1.54, 1.807) is 11.3 Å². The highest BCUT2D eigenvalue weighted by molar-refractivity contribution is 7.09. The van der Waals surface area contributed by atoms with E-state index >= 15 is 0 Å². The third-order valence-electron chi connectivity index (χ3n) is 2.69. The van der Waals surface area contributed by atoms with Gasteiger partial charge in [0.05, 0.1) is 11.2 Å². The molecule has 0 saturated heterocycles. The monoisotopic (exact) mass is 212 g/mol. The van der Waals surface area contributed by atoms with Gasteiger partial charge >= 0.3 is 0 Å². The maximum absolute atomic E-state index is 4.27. The van der Waals surface area contributed by atoms with E-state index in [0.29, 0.717) is 0 Å². The fourth-order valence-corrected chi connectivity index (χ4v) is 2.44. The number of hydrogen-bond acceptors (Lipinski definition) is 3. The fraction of sp³-hybridized carbons (Fsp3) is 0.727. The van der Waals surface area contributed by atoms with E-state index in [4.69, 9.17) is 0 Å². The first-order chi connectivity index (χ1) is 6.77. The predicted octanol–water partition coefficient (Wildman–Crippen LogP) is 2.63. The van der Waals surface area contributed by atoms with Crippen LogP contribution in [0.15, 0.2) is 5.51 Å². The molecule has 0 aliphatic rings. The van der Waals surface area contributed by atoms with Crippen LogP contribution in [0.5, 0.6) is 0 Å². The molecule has 80 valence electrons. The van der Waals surface area contributed by atoms with Gasteiger partial charge in [0.2, 0.25) is 0 Å². The lowest BCUT2D eigenvalue weighted by Gasteiger charge is -2.13. The molecule has 0 aromatic carbocycles. The average molecular weight is 212 g/mol. The molecule has 1 rings (SSSR count). The van der Waals surface area contributed by atoms with Crippen molar-refractivity contribution in [3.05, 3.63) is 16.1 Å². The van der Waals surface area contributed by atoms with Crippen LogP contribution < -0.4 is 5.32 Å². The Kier molecular flexibility index (Phi) is 5.12. The maximum atomic E-state index is 4.27. The number of aryl methyl sites for hydroxylation is 2. The Labute approximate surface area is 90.8 Å². The zero-order valence-electron chi connectivity index (χ0n) is 9.34. The quantitative estimate of drug-likeness (QED) is 0.784. The van der Waals surface area contributed by atoms with Crippen LogP contribution >= 0.6 is 11.3 Å². The Morgan fingerprint density at radius 3 is 2.86 bits per heavy atom. The molecule has 1 aromatic heterocycles. The number of nitrogens with one attached hydrogen (secondary N) is 1. The van der Waals surface area contributed by atoms with Crippen LogP contribution in [0.3, 0.4) is 0 Å². The first-order valence-corrected chi connectivity index (χ1v) is 6.19. The average Bonchev–Trinajstić information content (AvgIpc) is 2.59. The normalized spacial score (nSPS) is 13.1. The summed E-state index contributed by atoms with van der Waals surface area (Å²) in [5, 5.41) is 3.25. The highest BCUT2D eigenvalue weighted by Gasteiger charge is 2.07. The number of hydrogen-bond donors (Lipinski definition) is 1. The third kappa shape index (κ3) is 3.39. The summed E-state index contributed by atoms with van der Waals surface area (Å²) in [5.41, 5.74) is 3.17. The van der Waals surface area contributed by atoms with Gasteiger partial charge in [-0.25, -0.2) is 4.98 Å². The first kappa shape index (κ1) is 11.7. The Morgan fingerprint density at radius 2 is 2.36 bits per heavy atom. The minimum atomic E-state index is 0.807. The van der Waals surface area contributed by atoms with Gasteiger partial charge in [-0.1, -0.05) is 13.3 Å². The van der Waals surface area contributed by atoms with Gasteiger partial charge in [0.25, 0.3) is 0 Å². The number of rotatable bonds is 6. The van der Waals surface area contributed by atoms with Gasteiger partial charge in [-0.05, 0) is 39.3 Å². The van der Waals surface area contributed by atoms with Crippen molar-refractivity contribution in [3.63, 3.8) is 0 Å². The lowest BCUT2D eigenvalue weighted by molar-refractivity contribution is 0.451. The van der Waals surface area contributed by atoms with E-state index in [9.17, 15) is 0 Å². The van der Waals surface area contributed by atoms with Gasteiger partial charge < -0.3 is 5.32 Å². The Morgan fingerprint density at radius 1 is 1.57 bits per heavy atom. The molecule has 0 spiro atoms. The van der Waals surface area contributed by atoms with Crippen LogP contribution in [0, 0.1) is 12.8 Å². The SMILES string of the molecule is CCC(CCc1scnc1C)CNC. The van der Waals surface area contributed by atoms with Crippen molar-refractivity contribution in [1.29, 1.82) is 0 Å². The second-order valence-corrected chi connectivity index (χ2v) is 4.67. The van der Waals surface area contributed by atoms with Crippen LogP contribution in [0.25, 0.3) is 0 Å². The fourth-order valence-electron chi connectivity index (χ4n) is 1.64. The molecule has 0 bridgehead atoms. The molecule has 1 N–H and O–H groups in total. The van der Waals surface area contributed by atoms with Gasteiger partial charge in [0, 0.05) is 4.88 Å². The molecule has 0 amide bonds. The van der Waals surface area contributed by atoms with Gasteiger partial charge in [-0.15, -0.1) is 11.3 Å². The van der Waals surface area contributed by atoms with Gasteiger partial charge in [-0.2, -0.15) is 0 Å². The molecule has 14 heavy (non-hydrogen) atoms. The molecule has 0 aliphatic heterocycles. The molecule has 1 aromatic rings. The zero-order chi connectivity index (χ0) is 10.4. The molecule has 0 aliphatic carbocycles. The largest absolute Gasteiger partial charge is 0.319 e. The molecule has 1 unspecified atom stereocenters. The lowest BCUT2D eigenvalue weighted by atomic mass is 9.99. The molecule has 2 nitrogen and oxygen atoms in total. The second-order valence-electron chi connectivity index (χ2n) is 3.73. The van der Waals surface area contributed by atoms with Gasteiger partial charge in [0.1, 0.15) is 0 Å². The summed E-state index contributed by atoms with van der Waals surface area (Å²) < 4.78 is 0. The van der Waals surface area contributed by atoms with Crippen molar-refractivity contribution in [1.82, 2.24) is 10.3 Å². The minimum Gasteiger partial charge on any atom is -0.319 e. The number of nitrogens with zero attached hydrogens (tertiary/aromatic N) is 1. The van der Waals surface area contributed by atoms with Crippen molar-refractivity contribution in [2.45, 2.75) is 33.1 Å². The Balaban J connectivity index is 2.35. The number of thiazole rings is 1. The van der Waals surface area contributed by atoms with E-state index < -0.39 is 0 Å². The zero-order valence-corrected chi connectivity index (χ0v) is 10.2. The van der Waals surface area contributed by atoms with Crippen molar-refractivity contribution < 1.29 is 0 Å². The highest BCUT2D eigenvalue weighted by atomic mass is 32.1. The highest BCUT2D eigenvalue weighted by Crippen LogP contribution is 2.18. The lowest BCUT2D eigenvalue weighted by Crippen LogP contribution is -2.18. The van der Waals surface area contributed by atoms with Crippen molar-refractivity contribution >= 4 is 11.3 Å². The summed E-state index contributed by atoms with van der Waals surface area (Å²) in [7, 11) is 2.03. The smallest absolute Gasteiger partial charge is 0.0797 e. The maximum Gasteiger partial charge on any atom is 0.0797 e. The second kappa shape index (κ2) is 6.14. The summed E-state index contributed by atoms with van der Waals surface area (Å²) in [6.07, 6.45) is 3.73. The van der Waals surface area contributed by atoms with Crippen LogP contribution in [-0.4, -0.2) is 18.6 Å². The van der Waals surface area contributed by atoms with E-state index in [-0.39, 0.29) is 0 Å². The molecule has 0 radical (unpaired) electrons. The molecule has 1 heterocycles. The Hall–Kier alpha value is -0.410. The van der Waals surface area contributed by atoms with E-state index in [1.165, 1.54) is 29.8 Å². The first-order valence-electron chi connectivity index (χ1n) is 5.31. The predicted molar refractivity (Wildman–Crippen MR) is 62.9 cm³/mol. The molecular formula is C11H20N2S. The van der Waals surface area contributed by atoms with Gasteiger partial charge in [0.15, 0.2) is 0 Å². The standard InChI is InChI=1S/C11H20N2S/c1-4-10(7-12-3)5-6-11-9(2)13-8-14-11/h8,10,12H,4-7H2,1-3H3. The van der Waals surface area contributed by atoms with Crippen molar-refractivity contribution in [2.75, 3.05) is 13.6 Å². The van der Waals surface area contributed by atoms with E-state index in [1.807, 2.05) is 12.6 Å². The topological polar surface area (TPSA) is 24.9 Å². The molecule has 3 heteroatoms. The Bertz CT molecular complexity index is 258. The molecule has 0 fully saturated rings. The molecular weight excluding hydrogens is 192 g/mol. The summed E-state index contributed by atoms with van der Waals surface area (Å²) in [6.45, 7) is 5.50. The van der Waals surface area contributed by atoms with Crippen molar-refractivity contribution in [2.24, 2.45) is 5.92 Å². The number of aromatic nitrogens is 1. The third-order valence-corrected chi connectivity index (χ3v) is 3.69. The summed E-state index contributed by atoms with van der Waals surface area (Å²) in [6, 6.07) is 0. The minimum absolute atomic E-state index is 0.807. The van der Waals surface area contributed by atoms with Crippen LogP contribution in [0.4, 0.5) is 0 Å². The van der Waals surface area contributed by atoms with Crippen molar-refractivity contribution in [3.8, 4) is 0 Å². The van der Waals surface area contributed by atoms with Gasteiger partial charge in [-0.3, -0.25) is 0 Å². The molecule has 1 atom stereocenters. The van der Waals surface area contributed by atoms with Crippen LogP contribution in [0.2, 0.25) is 0 Å². The molecule has 0 saturated carbocycles. The van der Waals surface area contributed by atoms with E-state index in [0.717, 1.165) is 12.5 Å². The summed E-state index contributed by atoms with van der Waals surface area (Å²) in [4.78, 5) is 5.73. The van der Waals surface area contributed by atoms with Crippen LogP contribution in [0.1, 0.15) is 30.3 Å². The summed E-state index contributed by atoms with van der Waals surface area (Å²) in [5.74, 6) is 0.807. The van der Waals surface area contributed by atoms with E-state index in [2.05, 4.69) is 24.1 Å².